The SMILES string of the molecule is O=C(O)C[C@@H]1CC[C@H](NC(=O)c2cn(C3CC3)c3cc(N4CCNCC4)c(F)cc3c2=O)BO1. The Morgan fingerprint density at radius 1 is 1.21 bits per heavy atom. The first-order chi connectivity index (χ1) is 16.4. The number of piperazine rings is 1. The Bertz CT molecular complexity index is 1170. The third kappa shape index (κ3) is 4.67. The van der Waals surface area contributed by atoms with Gasteiger partial charge in [0.2, 0.25) is 5.43 Å². The number of nitrogens with zero attached hydrogens (tertiary/aromatic N) is 2. The second kappa shape index (κ2) is 9.38. The summed E-state index contributed by atoms with van der Waals surface area (Å²) in [4.78, 5) is 39.2. The van der Waals surface area contributed by atoms with Gasteiger partial charge in [-0.3, -0.25) is 14.4 Å². The molecule has 1 aromatic carbocycles. The number of carbonyl (C=O) groups excluding carboxylic acids is 1. The first-order valence-electron chi connectivity index (χ1n) is 11.9. The van der Waals surface area contributed by atoms with E-state index in [1.165, 1.54) is 6.07 Å². The van der Waals surface area contributed by atoms with Crippen LogP contribution in [-0.2, 0) is 9.45 Å². The molecule has 1 saturated carbocycles. The number of carbonyl (C=O) groups is 2. The first-order valence-corrected chi connectivity index (χ1v) is 11.9. The van der Waals surface area contributed by atoms with E-state index in [2.05, 4.69) is 10.6 Å². The van der Waals surface area contributed by atoms with Crippen LogP contribution < -0.4 is 21.0 Å². The summed E-state index contributed by atoms with van der Waals surface area (Å²) in [7, 11) is 0.191. The predicted molar refractivity (Wildman–Crippen MR) is 126 cm³/mol. The van der Waals surface area contributed by atoms with Gasteiger partial charge in [0.1, 0.15) is 11.4 Å². The molecule has 34 heavy (non-hydrogen) atoms. The lowest BCUT2D eigenvalue weighted by Crippen LogP contribution is -2.46. The van der Waals surface area contributed by atoms with E-state index in [0.717, 1.165) is 25.9 Å². The van der Waals surface area contributed by atoms with Crippen LogP contribution in [0.1, 0.15) is 48.5 Å². The van der Waals surface area contributed by atoms with Crippen molar-refractivity contribution in [1.29, 1.82) is 0 Å². The Morgan fingerprint density at radius 3 is 2.62 bits per heavy atom. The van der Waals surface area contributed by atoms with Crippen molar-refractivity contribution in [3.8, 4) is 0 Å². The third-order valence-corrected chi connectivity index (χ3v) is 6.85. The van der Waals surface area contributed by atoms with Crippen molar-refractivity contribution in [3.63, 3.8) is 0 Å². The van der Waals surface area contributed by atoms with Gasteiger partial charge >= 0.3 is 5.97 Å². The maximum atomic E-state index is 15.1. The molecule has 9 nitrogen and oxygen atoms in total. The summed E-state index contributed by atoms with van der Waals surface area (Å²) in [5.74, 6) is -2.21. The quantitative estimate of drug-likeness (QED) is 0.539. The monoisotopic (exact) mass is 470 g/mol. The maximum Gasteiger partial charge on any atom is 0.305 e. The number of carboxylic acids is 1. The van der Waals surface area contributed by atoms with Crippen LogP contribution in [0, 0.1) is 5.82 Å². The number of nitrogens with one attached hydrogen (secondary N) is 2. The van der Waals surface area contributed by atoms with Gasteiger partial charge in [-0.2, -0.15) is 0 Å². The smallest absolute Gasteiger partial charge is 0.305 e. The van der Waals surface area contributed by atoms with Gasteiger partial charge in [0, 0.05) is 49.7 Å². The zero-order valence-corrected chi connectivity index (χ0v) is 18.9. The van der Waals surface area contributed by atoms with Crippen LogP contribution >= 0.6 is 0 Å². The van der Waals surface area contributed by atoms with Gasteiger partial charge in [0.05, 0.1) is 23.7 Å². The van der Waals surface area contributed by atoms with E-state index >= 15 is 4.39 Å². The molecule has 3 fully saturated rings. The number of hydrogen-bond donors (Lipinski definition) is 3. The van der Waals surface area contributed by atoms with E-state index in [4.69, 9.17) is 9.76 Å². The number of benzene rings is 1. The molecule has 0 bridgehead atoms. The van der Waals surface area contributed by atoms with E-state index in [0.29, 0.717) is 37.1 Å². The van der Waals surface area contributed by atoms with Crippen LogP contribution in [0.25, 0.3) is 10.9 Å². The fraction of sp³-hybridized carbons (Fsp3) is 0.522. The van der Waals surface area contributed by atoms with E-state index < -0.39 is 23.1 Å². The second-order valence-corrected chi connectivity index (χ2v) is 9.37. The lowest BCUT2D eigenvalue weighted by Gasteiger charge is -2.30. The highest BCUT2D eigenvalue weighted by molar-refractivity contribution is 6.31. The molecule has 2 atom stereocenters. The lowest BCUT2D eigenvalue weighted by molar-refractivity contribution is -0.139. The van der Waals surface area contributed by atoms with Crippen molar-refractivity contribution in [2.24, 2.45) is 0 Å². The van der Waals surface area contributed by atoms with Crippen LogP contribution in [0.5, 0.6) is 0 Å². The highest BCUT2D eigenvalue weighted by atomic mass is 19.1. The largest absolute Gasteiger partial charge is 0.481 e. The van der Waals surface area contributed by atoms with Gasteiger partial charge in [-0.1, -0.05) is 0 Å². The summed E-state index contributed by atoms with van der Waals surface area (Å²) in [6.45, 7) is 2.92. The van der Waals surface area contributed by atoms with E-state index in [1.807, 2.05) is 9.47 Å². The Balaban J connectivity index is 1.42. The highest BCUT2D eigenvalue weighted by Crippen LogP contribution is 2.38. The average molecular weight is 470 g/mol. The molecule has 0 radical (unpaired) electrons. The number of anilines is 1. The summed E-state index contributed by atoms with van der Waals surface area (Å²) in [6.07, 6.45) is 4.14. The van der Waals surface area contributed by atoms with Gasteiger partial charge in [0.15, 0.2) is 0 Å². The Morgan fingerprint density at radius 2 is 1.97 bits per heavy atom. The molecule has 3 aliphatic rings. The summed E-state index contributed by atoms with van der Waals surface area (Å²) in [5.41, 5.74) is 0.629. The molecule has 0 unspecified atom stereocenters. The van der Waals surface area contributed by atoms with Crippen molar-refractivity contribution in [2.45, 2.75) is 50.2 Å². The van der Waals surface area contributed by atoms with Gasteiger partial charge in [-0.15, -0.1) is 0 Å². The Hall–Kier alpha value is -2.92. The molecule has 11 heteroatoms. The normalized spacial score (nSPS) is 22.9. The highest BCUT2D eigenvalue weighted by Gasteiger charge is 2.30. The third-order valence-electron chi connectivity index (χ3n) is 6.85. The number of rotatable bonds is 6. The van der Waals surface area contributed by atoms with Crippen LogP contribution in [0.3, 0.4) is 0 Å². The average Bonchev–Trinajstić information content (AvgIpc) is 3.66. The molecule has 2 aliphatic heterocycles. The molecule has 1 aliphatic carbocycles. The van der Waals surface area contributed by atoms with Crippen LogP contribution in [0.4, 0.5) is 10.1 Å². The molecule has 5 rings (SSSR count). The van der Waals surface area contributed by atoms with E-state index in [-0.39, 0.29) is 42.9 Å². The molecule has 1 amide bonds. The first kappa shape index (κ1) is 22.9. The molecule has 1 aromatic heterocycles. The topological polar surface area (TPSA) is 113 Å². The van der Waals surface area contributed by atoms with Gasteiger partial charge in [0.25, 0.3) is 13.4 Å². The van der Waals surface area contributed by atoms with Crippen LogP contribution in [-0.4, -0.2) is 67.3 Å². The minimum atomic E-state index is -0.920. The van der Waals surface area contributed by atoms with Gasteiger partial charge in [-0.05, 0) is 37.8 Å². The maximum absolute atomic E-state index is 15.1. The fourth-order valence-electron chi connectivity index (χ4n) is 4.86. The molecule has 2 aromatic rings. The summed E-state index contributed by atoms with van der Waals surface area (Å²) in [5, 5.41) is 15.2. The summed E-state index contributed by atoms with van der Waals surface area (Å²) < 4.78 is 22.6. The summed E-state index contributed by atoms with van der Waals surface area (Å²) in [6, 6.07) is 3.20. The van der Waals surface area contributed by atoms with E-state index in [1.54, 1.807) is 12.3 Å². The number of pyridine rings is 1. The number of fused-ring (bicyclic) bond motifs is 1. The molecular formula is C23H28BFN4O5. The Kier molecular flexibility index (Phi) is 6.31. The number of aromatic nitrogens is 1. The van der Waals surface area contributed by atoms with Crippen LogP contribution in [0.15, 0.2) is 23.1 Å². The van der Waals surface area contributed by atoms with E-state index in [9.17, 15) is 14.4 Å². The van der Waals surface area contributed by atoms with Gasteiger partial charge in [-0.25, -0.2) is 4.39 Å². The zero-order chi connectivity index (χ0) is 23.8. The van der Waals surface area contributed by atoms with Crippen molar-refractivity contribution in [1.82, 2.24) is 15.2 Å². The molecule has 0 spiro atoms. The molecular weight excluding hydrogens is 442 g/mol. The van der Waals surface area contributed by atoms with Crippen LogP contribution in [0.2, 0.25) is 0 Å². The molecule has 2 saturated heterocycles. The number of halogens is 1. The Labute approximate surface area is 196 Å². The fourth-order valence-corrected chi connectivity index (χ4v) is 4.86. The zero-order valence-electron chi connectivity index (χ0n) is 18.9. The van der Waals surface area contributed by atoms with Gasteiger partial charge < -0.3 is 29.9 Å². The standard InChI is InChI=1S/C23H28BFN4O5/c25-17-10-15-18(11-19(17)28-7-5-26-6-8-28)29(13-1-2-13)12-16(22(15)32)23(33)27-20-4-3-14(34-24-20)9-21(30)31/h10-14,20,24,26H,1-9H2,(H,27,33)(H,30,31)/t14-,20-/m0/s1. The summed E-state index contributed by atoms with van der Waals surface area (Å²) >= 11 is 0. The van der Waals surface area contributed by atoms with Crippen molar-refractivity contribution < 1.29 is 23.7 Å². The minimum absolute atomic E-state index is 0.0126. The number of hydrogen-bond acceptors (Lipinski definition) is 6. The second-order valence-electron chi connectivity index (χ2n) is 9.37. The number of aliphatic carboxylic acids is 1. The number of amides is 1. The van der Waals surface area contributed by atoms with Crippen molar-refractivity contribution >= 4 is 35.9 Å². The van der Waals surface area contributed by atoms with Crippen molar-refractivity contribution in [2.75, 3.05) is 31.1 Å². The van der Waals surface area contributed by atoms with Crippen molar-refractivity contribution in [3.05, 3.63) is 39.9 Å². The molecule has 3 heterocycles. The number of carboxylic acid groups (broad SMARTS) is 1. The molecule has 180 valence electrons. The minimum Gasteiger partial charge on any atom is -0.481 e. The lowest BCUT2D eigenvalue weighted by atomic mass is 9.79. The molecule has 3 N–H and O–H groups in total. The predicted octanol–water partition coefficient (Wildman–Crippen LogP) is 0.946.